The summed E-state index contributed by atoms with van der Waals surface area (Å²) in [5.74, 6) is 0. The Balaban J connectivity index is 3.31. The van der Waals surface area contributed by atoms with Crippen LogP contribution in [0.15, 0.2) is 23.4 Å². The molecule has 1 aromatic rings. The van der Waals surface area contributed by atoms with Gasteiger partial charge in [-0.3, -0.25) is 4.72 Å². The molecular weight excluding hydrogens is 309 g/mol. The molecule has 0 saturated carbocycles. The first kappa shape index (κ1) is 17.3. The average molecular weight is 324 g/mol. The lowest BCUT2D eigenvalue weighted by Crippen LogP contribution is -2.30. The van der Waals surface area contributed by atoms with Gasteiger partial charge in [0.25, 0.3) is 0 Å². The van der Waals surface area contributed by atoms with Gasteiger partial charge in [-0.1, -0.05) is 23.4 Å². The lowest BCUT2D eigenvalue weighted by atomic mass is 10.1. The number of oxime groups is 1. The summed E-state index contributed by atoms with van der Waals surface area (Å²) in [5.41, 5.74) is -4.74. The normalized spacial score (nSPS) is 13.1. The fraction of sp³-hybridized carbons (Fsp3) is 0.417. The van der Waals surface area contributed by atoms with Gasteiger partial charge in [-0.25, -0.2) is 0 Å². The molecule has 0 heterocycles. The van der Waals surface area contributed by atoms with E-state index in [4.69, 9.17) is 4.84 Å². The summed E-state index contributed by atoms with van der Waals surface area (Å²) in [4.78, 5) is 4.83. The molecule has 0 aliphatic carbocycles. The van der Waals surface area contributed by atoms with Crippen LogP contribution in [0.1, 0.15) is 25.0 Å². The summed E-state index contributed by atoms with van der Waals surface area (Å²) >= 11 is 0. The second kappa shape index (κ2) is 6.33. The molecule has 9 heteroatoms. The Kier molecular flexibility index (Phi) is 5.21. The largest absolute Gasteiger partial charge is 0.516 e. The molecule has 0 amide bonds. The molecule has 0 fully saturated rings. The molecule has 0 saturated heterocycles. The monoisotopic (exact) mass is 324 g/mol. The number of nitrogens with zero attached hydrogens (tertiary/aromatic N) is 1. The van der Waals surface area contributed by atoms with Gasteiger partial charge < -0.3 is 4.84 Å². The van der Waals surface area contributed by atoms with E-state index in [1.54, 1.807) is 17.7 Å². The van der Waals surface area contributed by atoms with Gasteiger partial charge in [0.1, 0.15) is 6.61 Å². The first-order chi connectivity index (χ1) is 9.60. The van der Waals surface area contributed by atoms with E-state index in [1.165, 1.54) is 26.0 Å². The van der Waals surface area contributed by atoms with Crippen LogP contribution in [-0.4, -0.2) is 26.2 Å². The number of aryl methyl sites for hydroxylation is 1. The van der Waals surface area contributed by atoms with E-state index in [9.17, 15) is 21.6 Å². The zero-order valence-corrected chi connectivity index (χ0v) is 12.5. The second-order valence-electron chi connectivity index (χ2n) is 4.14. The average Bonchev–Trinajstić information content (AvgIpc) is 2.36. The minimum Gasteiger partial charge on any atom is -0.396 e. The number of anilines is 1. The molecule has 118 valence electrons. The van der Waals surface area contributed by atoms with Crippen LogP contribution in [0.4, 0.5) is 18.9 Å². The van der Waals surface area contributed by atoms with Crippen molar-refractivity contribution in [1.29, 1.82) is 0 Å². The molecule has 0 bridgehead atoms. The van der Waals surface area contributed by atoms with Gasteiger partial charge in [0.05, 0.1) is 11.4 Å². The van der Waals surface area contributed by atoms with E-state index in [-0.39, 0.29) is 23.6 Å². The highest BCUT2D eigenvalue weighted by Crippen LogP contribution is 2.29. The summed E-state index contributed by atoms with van der Waals surface area (Å²) in [6.07, 6.45) is 0. The third-order valence-electron chi connectivity index (χ3n) is 2.53. The van der Waals surface area contributed by atoms with Gasteiger partial charge in [-0.2, -0.15) is 21.6 Å². The summed E-state index contributed by atoms with van der Waals surface area (Å²) in [5, 5.41) is 3.71. The maximum atomic E-state index is 12.5. The number of halogens is 3. The van der Waals surface area contributed by atoms with Crippen LogP contribution in [0.2, 0.25) is 0 Å². The van der Waals surface area contributed by atoms with Crippen LogP contribution < -0.4 is 4.72 Å². The maximum Gasteiger partial charge on any atom is 0.516 e. The Hall–Kier alpha value is -1.77. The van der Waals surface area contributed by atoms with Gasteiger partial charge >= 0.3 is 15.5 Å². The standard InChI is InChI=1S/C12H15F3N2O3S/c1-4-20-16-9(3)10-7-5-6-8(2)11(10)17-21(18,19)12(13,14)15/h5-7,17H,4H2,1-3H3. The lowest BCUT2D eigenvalue weighted by molar-refractivity contribution is -0.0429. The quantitative estimate of drug-likeness (QED) is 0.669. The van der Waals surface area contributed by atoms with Crippen LogP contribution >= 0.6 is 0 Å². The topological polar surface area (TPSA) is 67.8 Å². The van der Waals surface area contributed by atoms with Gasteiger partial charge in [0.2, 0.25) is 0 Å². The van der Waals surface area contributed by atoms with Crippen molar-refractivity contribution < 1.29 is 26.4 Å². The van der Waals surface area contributed by atoms with Gasteiger partial charge in [-0.15, -0.1) is 0 Å². The fourth-order valence-electron chi connectivity index (χ4n) is 1.51. The van der Waals surface area contributed by atoms with Gasteiger partial charge in [0, 0.05) is 5.56 Å². The van der Waals surface area contributed by atoms with Crippen LogP contribution in [0.3, 0.4) is 0 Å². The van der Waals surface area contributed by atoms with Crippen molar-refractivity contribution in [2.75, 3.05) is 11.3 Å². The number of rotatable bonds is 5. The molecule has 0 unspecified atom stereocenters. The second-order valence-corrected chi connectivity index (χ2v) is 5.82. The van der Waals surface area contributed by atoms with E-state index in [0.29, 0.717) is 5.56 Å². The zero-order chi connectivity index (χ0) is 16.3. The number of hydrogen-bond donors (Lipinski definition) is 1. The Bertz CT molecular complexity index is 640. The Morgan fingerprint density at radius 2 is 2.00 bits per heavy atom. The number of para-hydroxylation sites is 1. The van der Waals surface area contributed by atoms with E-state index in [0.717, 1.165) is 0 Å². The molecule has 1 N–H and O–H groups in total. The van der Waals surface area contributed by atoms with E-state index < -0.39 is 15.5 Å². The van der Waals surface area contributed by atoms with Crippen LogP contribution in [-0.2, 0) is 14.9 Å². The SMILES string of the molecule is CCON=C(C)c1cccc(C)c1NS(=O)(=O)C(F)(F)F. The highest BCUT2D eigenvalue weighted by Gasteiger charge is 2.46. The maximum absolute atomic E-state index is 12.5. The summed E-state index contributed by atoms with van der Waals surface area (Å²) < 4.78 is 61.5. The molecule has 1 rings (SSSR count). The van der Waals surface area contributed by atoms with Gasteiger partial charge in [-0.05, 0) is 26.3 Å². The highest BCUT2D eigenvalue weighted by atomic mass is 32.2. The summed E-state index contributed by atoms with van der Waals surface area (Å²) in [6, 6.07) is 4.53. The highest BCUT2D eigenvalue weighted by molar-refractivity contribution is 7.93. The van der Waals surface area contributed by atoms with E-state index in [1.807, 2.05) is 0 Å². The number of hydrogen-bond acceptors (Lipinski definition) is 4. The van der Waals surface area contributed by atoms with Crippen LogP contribution in [0.5, 0.6) is 0 Å². The minimum atomic E-state index is -5.50. The Morgan fingerprint density at radius 3 is 2.52 bits per heavy atom. The third-order valence-corrected chi connectivity index (χ3v) is 3.62. The zero-order valence-electron chi connectivity index (χ0n) is 11.7. The van der Waals surface area contributed by atoms with Crippen LogP contribution in [0.25, 0.3) is 0 Å². The van der Waals surface area contributed by atoms with E-state index in [2.05, 4.69) is 5.16 Å². The molecule has 0 spiro atoms. The number of benzene rings is 1. The fourth-order valence-corrected chi connectivity index (χ4v) is 2.16. The summed E-state index contributed by atoms with van der Waals surface area (Å²) in [7, 11) is -5.50. The van der Waals surface area contributed by atoms with Crippen LogP contribution in [0, 0.1) is 6.92 Å². The molecule has 0 radical (unpaired) electrons. The van der Waals surface area contributed by atoms with Crippen molar-refractivity contribution in [2.24, 2.45) is 5.16 Å². The lowest BCUT2D eigenvalue weighted by Gasteiger charge is -2.16. The van der Waals surface area contributed by atoms with Crippen molar-refractivity contribution in [2.45, 2.75) is 26.3 Å². The molecule has 5 nitrogen and oxygen atoms in total. The predicted octanol–water partition coefficient (Wildman–Crippen LogP) is 3.02. The first-order valence-electron chi connectivity index (χ1n) is 5.95. The number of alkyl halides is 3. The van der Waals surface area contributed by atoms with E-state index >= 15 is 0 Å². The molecule has 0 aliphatic rings. The molecule has 0 aromatic heterocycles. The van der Waals surface area contributed by atoms with Crippen molar-refractivity contribution in [1.82, 2.24) is 0 Å². The first-order valence-corrected chi connectivity index (χ1v) is 7.44. The van der Waals surface area contributed by atoms with Gasteiger partial charge in [0.15, 0.2) is 0 Å². The molecule has 0 atom stereocenters. The number of sulfonamides is 1. The summed E-state index contributed by atoms with van der Waals surface area (Å²) in [6.45, 7) is 4.98. The Morgan fingerprint density at radius 1 is 1.38 bits per heavy atom. The molecular formula is C12H15F3N2O3S. The third kappa shape index (κ3) is 4.10. The predicted molar refractivity (Wildman–Crippen MR) is 73.6 cm³/mol. The smallest absolute Gasteiger partial charge is 0.396 e. The molecule has 0 aliphatic heterocycles. The van der Waals surface area contributed by atoms with Crippen molar-refractivity contribution in [3.63, 3.8) is 0 Å². The number of nitrogens with one attached hydrogen (secondary N) is 1. The Labute approximate surface area is 120 Å². The van der Waals surface area contributed by atoms with Crippen molar-refractivity contribution >= 4 is 21.4 Å². The van der Waals surface area contributed by atoms with Crippen molar-refractivity contribution in [3.05, 3.63) is 29.3 Å². The molecule has 21 heavy (non-hydrogen) atoms. The minimum absolute atomic E-state index is 0.171. The molecule has 1 aromatic carbocycles. The van der Waals surface area contributed by atoms with Crippen molar-refractivity contribution in [3.8, 4) is 0 Å².